The molecule has 1 fully saturated rings. The number of ether oxygens (including phenoxy) is 3. The summed E-state index contributed by atoms with van der Waals surface area (Å²) in [6, 6.07) is 6.13. The van der Waals surface area contributed by atoms with Gasteiger partial charge in [0.15, 0.2) is 5.96 Å². The summed E-state index contributed by atoms with van der Waals surface area (Å²) in [7, 11) is 3.26. The normalized spacial score (nSPS) is 16.9. The molecule has 1 aliphatic heterocycles. The molecule has 3 N–H and O–H groups in total. The van der Waals surface area contributed by atoms with Crippen LogP contribution in [0.2, 0.25) is 0 Å². The molecular formula is C19H30N4O4. The first-order valence-electron chi connectivity index (χ1n) is 9.16. The maximum atomic E-state index is 11.8. The van der Waals surface area contributed by atoms with Crippen molar-refractivity contribution in [1.29, 1.82) is 0 Å². The number of carbonyl (C=O) groups is 1. The Balaban J connectivity index is 1.85. The van der Waals surface area contributed by atoms with Crippen molar-refractivity contribution in [2.75, 3.05) is 47.1 Å². The molecule has 1 aliphatic rings. The number of nitrogens with one attached hydrogen (secondary N) is 3. The second kappa shape index (κ2) is 11.4. The van der Waals surface area contributed by atoms with Gasteiger partial charge < -0.3 is 30.2 Å². The van der Waals surface area contributed by atoms with Crippen molar-refractivity contribution in [3.05, 3.63) is 29.3 Å². The minimum Gasteiger partial charge on any atom is -0.488 e. The van der Waals surface area contributed by atoms with Gasteiger partial charge in [-0.3, -0.25) is 9.79 Å². The standard InChI is InChI=1S/C19H30N4O4/c1-14-4-5-15(17(10-14)27-16-6-8-26-13-16)11-22-19(20-2)23-12-18(24)21-7-9-25-3/h4-5,10,16H,6-9,11-13H2,1-3H3,(H,21,24)(H2,20,22,23). The predicted octanol–water partition coefficient (Wildman–Crippen LogP) is 0.590. The van der Waals surface area contributed by atoms with Crippen LogP contribution in [0.3, 0.4) is 0 Å². The number of aliphatic imine (C=N–C) groups is 1. The number of hydrogen-bond acceptors (Lipinski definition) is 5. The number of nitrogens with zero attached hydrogens (tertiary/aromatic N) is 1. The zero-order valence-corrected chi connectivity index (χ0v) is 16.3. The van der Waals surface area contributed by atoms with Gasteiger partial charge in [-0.25, -0.2) is 0 Å². The molecular weight excluding hydrogens is 348 g/mol. The summed E-state index contributed by atoms with van der Waals surface area (Å²) in [5.74, 6) is 1.29. The number of guanidine groups is 1. The summed E-state index contributed by atoms with van der Waals surface area (Å²) in [6.07, 6.45) is 1.00. The highest BCUT2D eigenvalue weighted by atomic mass is 16.5. The molecule has 8 heteroatoms. The van der Waals surface area contributed by atoms with Crippen LogP contribution in [-0.2, 0) is 20.8 Å². The Morgan fingerprint density at radius 1 is 1.33 bits per heavy atom. The fourth-order valence-electron chi connectivity index (χ4n) is 2.62. The lowest BCUT2D eigenvalue weighted by Gasteiger charge is -2.18. The lowest BCUT2D eigenvalue weighted by atomic mass is 10.1. The summed E-state index contributed by atoms with van der Waals surface area (Å²) < 4.78 is 16.4. The van der Waals surface area contributed by atoms with Crippen LogP contribution in [0.5, 0.6) is 5.75 Å². The average Bonchev–Trinajstić information content (AvgIpc) is 3.16. The van der Waals surface area contributed by atoms with E-state index in [4.69, 9.17) is 14.2 Å². The van der Waals surface area contributed by atoms with Gasteiger partial charge in [-0.2, -0.15) is 0 Å². The van der Waals surface area contributed by atoms with Gasteiger partial charge in [0.25, 0.3) is 0 Å². The third-order valence-electron chi connectivity index (χ3n) is 4.12. The van der Waals surface area contributed by atoms with E-state index in [1.54, 1.807) is 14.2 Å². The third-order valence-corrected chi connectivity index (χ3v) is 4.12. The molecule has 1 saturated heterocycles. The zero-order valence-electron chi connectivity index (χ0n) is 16.3. The Morgan fingerprint density at radius 3 is 2.89 bits per heavy atom. The maximum Gasteiger partial charge on any atom is 0.239 e. The Labute approximate surface area is 160 Å². The summed E-state index contributed by atoms with van der Waals surface area (Å²) in [5, 5.41) is 8.96. The molecule has 1 atom stereocenters. The topological polar surface area (TPSA) is 93.2 Å². The number of carbonyl (C=O) groups excluding carboxylic acids is 1. The average molecular weight is 378 g/mol. The van der Waals surface area contributed by atoms with Crippen LogP contribution in [0.15, 0.2) is 23.2 Å². The molecule has 2 rings (SSSR count). The van der Waals surface area contributed by atoms with E-state index in [-0.39, 0.29) is 18.6 Å². The van der Waals surface area contributed by atoms with Crippen LogP contribution in [0, 0.1) is 6.92 Å². The summed E-state index contributed by atoms with van der Waals surface area (Å²) in [4.78, 5) is 15.9. The lowest BCUT2D eigenvalue weighted by Crippen LogP contribution is -2.43. The largest absolute Gasteiger partial charge is 0.488 e. The van der Waals surface area contributed by atoms with E-state index in [9.17, 15) is 4.79 Å². The van der Waals surface area contributed by atoms with Crippen LogP contribution in [0.25, 0.3) is 0 Å². The van der Waals surface area contributed by atoms with Crippen LogP contribution >= 0.6 is 0 Å². The van der Waals surface area contributed by atoms with E-state index in [1.807, 2.05) is 19.1 Å². The highest BCUT2D eigenvalue weighted by Crippen LogP contribution is 2.23. The molecule has 8 nitrogen and oxygen atoms in total. The van der Waals surface area contributed by atoms with Crippen molar-refractivity contribution in [1.82, 2.24) is 16.0 Å². The summed E-state index contributed by atoms with van der Waals surface area (Å²) >= 11 is 0. The number of benzene rings is 1. The van der Waals surface area contributed by atoms with Crippen molar-refractivity contribution >= 4 is 11.9 Å². The first kappa shape index (κ1) is 21.0. The van der Waals surface area contributed by atoms with E-state index in [1.165, 1.54) is 0 Å². The molecule has 1 heterocycles. The molecule has 1 aromatic carbocycles. The Hall–Kier alpha value is -2.32. The number of methoxy groups -OCH3 is 1. The van der Waals surface area contributed by atoms with E-state index >= 15 is 0 Å². The Bertz CT molecular complexity index is 630. The van der Waals surface area contributed by atoms with E-state index in [2.05, 4.69) is 27.0 Å². The van der Waals surface area contributed by atoms with Gasteiger partial charge >= 0.3 is 0 Å². The lowest BCUT2D eigenvalue weighted by molar-refractivity contribution is -0.120. The molecule has 150 valence electrons. The predicted molar refractivity (Wildman–Crippen MR) is 104 cm³/mol. The number of aryl methyl sites for hydroxylation is 1. The van der Waals surface area contributed by atoms with E-state index in [0.717, 1.165) is 29.9 Å². The van der Waals surface area contributed by atoms with Gasteiger partial charge in [0, 0.05) is 39.2 Å². The van der Waals surface area contributed by atoms with Crippen molar-refractivity contribution in [2.45, 2.75) is 26.0 Å². The first-order valence-corrected chi connectivity index (χ1v) is 9.16. The molecule has 0 spiro atoms. The van der Waals surface area contributed by atoms with Gasteiger partial charge in [-0.1, -0.05) is 12.1 Å². The third kappa shape index (κ3) is 7.44. The van der Waals surface area contributed by atoms with Gasteiger partial charge in [-0.15, -0.1) is 0 Å². The molecule has 0 aliphatic carbocycles. The minimum absolute atomic E-state index is 0.0961. The minimum atomic E-state index is -0.115. The molecule has 0 bridgehead atoms. The number of hydrogen-bond donors (Lipinski definition) is 3. The van der Waals surface area contributed by atoms with Crippen LogP contribution < -0.4 is 20.7 Å². The number of amides is 1. The maximum absolute atomic E-state index is 11.8. The number of rotatable bonds is 9. The quantitative estimate of drug-likeness (QED) is 0.331. The molecule has 1 amide bonds. The van der Waals surface area contributed by atoms with Crippen LogP contribution in [-0.4, -0.2) is 65.0 Å². The van der Waals surface area contributed by atoms with Gasteiger partial charge in [-0.05, 0) is 18.6 Å². The summed E-state index contributed by atoms with van der Waals surface area (Å²) in [6.45, 7) is 5.06. The second-order valence-electron chi connectivity index (χ2n) is 6.34. The van der Waals surface area contributed by atoms with E-state index in [0.29, 0.717) is 32.3 Å². The fourth-order valence-corrected chi connectivity index (χ4v) is 2.62. The fraction of sp³-hybridized carbons (Fsp3) is 0.579. The molecule has 0 saturated carbocycles. The molecule has 1 aromatic rings. The smallest absolute Gasteiger partial charge is 0.239 e. The molecule has 27 heavy (non-hydrogen) atoms. The van der Waals surface area contributed by atoms with Gasteiger partial charge in [0.2, 0.25) is 5.91 Å². The molecule has 0 radical (unpaired) electrons. The SMILES string of the molecule is CN=C(NCC(=O)NCCOC)NCc1ccc(C)cc1OC1CCOC1. The van der Waals surface area contributed by atoms with E-state index < -0.39 is 0 Å². The Morgan fingerprint density at radius 2 is 2.19 bits per heavy atom. The molecule has 0 aromatic heterocycles. The summed E-state index contributed by atoms with van der Waals surface area (Å²) in [5.41, 5.74) is 2.17. The van der Waals surface area contributed by atoms with Crippen molar-refractivity contribution in [3.63, 3.8) is 0 Å². The zero-order chi connectivity index (χ0) is 19.5. The second-order valence-corrected chi connectivity index (χ2v) is 6.34. The van der Waals surface area contributed by atoms with Crippen molar-refractivity contribution < 1.29 is 19.0 Å². The highest BCUT2D eigenvalue weighted by molar-refractivity contribution is 5.86. The van der Waals surface area contributed by atoms with Crippen LogP contribution in [0.1, 0.15) is 17.5 Å². The van der Waals surface area contributed by atoms with Gasteiger partial charge in [0.1, 0.15) is 11.9 Å². The highest BCUT2D eigenvalue weighted by Gasteiger charge is 2.18. The van der Waals surface area contributed by atoms with Crippen LogP contribution in [0.4, 0.5) is 0 Å². The van der Waals surface area contributed by atoms with Gasteiger partial charge in [0.05, 0.1) is 26.4 Å². The first-order chi connectivity index (χ1) is 13.1. The van der Waals surface area contributed by atoms with Crippen molar-refractivity contribution in [3.8, 4) is 5.75 Å². The Kier molecular flexibility index (Phi) is 8.86. The monoisotopic (exact) mass is 378 g/mol. The van der Waals surface area contributed by atoms with Crippen molar-refractivity contribution in [2.24, 2.45) is 4.99 Å². The molecule has 1 unspecified atom stereocenters.